The summed E-state index contributed by atoms with van der Waals surface area (Å²) in [6.45, 7) is 6.19. The average molecular weight is 550 g/mol. The summed E-state index contributed by atoms with van der Waals surface area (Å²) in [5, 5.41) is 10.3. The minimum atomic E-state index is -0.150. The van der Waals surface area contributed by atoms with E-state index < -0.39 is 0 Å². The first-order valence-electron chi connectivity index (χ1n) is 12.5. The van der Waals surface area contributed by atoms with Crippen molar-refractivity contribution in [3.8, 4) is 17.1 Å². The highest BCUT2D eigenvalue weighted by molar-refractivity contribution is 7.99. The van der Waals surface area contributed by atoms with E-state index >= 15 is 0 Å². The fourth-order valence-electron chi connectivity index (χ4n) is 4.48. The normalized spacial score (nSPS) is 13.8. The first kappa shape index (κ1) is 26.1. The lowest BCUT2D eigenvalue weighted by Gasteiger charge is -2.34. The summed E-state index contributed by atoms with van der Waals surface area (Å²) in [7, 11) is 0. The third-order valence-corrected chi connectivity index (χ3v) is 7.68. The van der Waals surface area contributed by atoms with Crippen LogP contribution in [0.1, 0.15) is 35.9 Å². The van der Waals surface area contributed by atoms with Crippen LogP contribution in [0.2, 0.25) is 5.02 Å². The molecule has 1 aliphatic heterocycles. The number of furan rings is 1. The van der Waals surface area contributed by atoms with Crippen molar-refractivity contribution in [1.29, 1.82) is 0 Å². The van der Waals surface area contributed by atoms with Gasteiger partial charge in [0.2, 0.25) is 5.91 Å². The van der Waals surface area contributed by atoms with Crippen molar-refractivity contribution in [3.05, 3.63) is 83.3 Å². The Bertz CT molecular complexity index is 1410. The number of hydrogen-bond donors (Lipinski definition) is 0. The van der Waals surface area contributed by atoms with E-state index in [4.69, 9.17) is 16.0 Å². The van der Waals surface area contributed by atoms with E-state index in [0.717, 1.165) is 16.8 Å². The van der Waals surface area contributed by atoms with E-state index in [-0.39, 0.29) is 23.5 Å². The second-order valence-electron chi connectivity index (χ2n) is 9.30. The highest BCUT2D eigenvalue weighted by Gasteiger charge is 2.27. The monoisotopic (exact) mass is 549 g/mol. The number of carbonyl (C=O) groups excluding carboxylic acids is 2. The first-order chi connectivity index (χ1) is 18.4. The van der Waals surface area contributed by atoms with Crippen molar-refractivity contribution in [1.82, 2.24) is 24.6 Å². The number of amides is 2. The van der Waals surface area contributed by atoms with Crippen LogP contribution in [-0.4, -0.2) is 68.3 Å². The van der Waals surface area contributed by atoms with Crippen LogP contribution in [0.5, 0.6) is 0 Å². The molecular formula is C28H28ClN5O3S. The lowest BCUT2D eigenvalue weighted by molar-refractivity contribution is -0.129. The molecule has 0 aliphatic carbocycles. The van der Waals surface area contributed by atoms with Crippen LogP contribution in [-0.2, 0) is 4.79 Å². The second kappa shape index (κ2) is 11.4. The largest absolute Gasteiger partial charge is 0.459 e. The van der Waals surface area contributed by atoms with E-state index in [1.807, 2.05) is 41.0 Å². The number of aromatic nitrogens is 3. The summed E-state index contributed by atoms with van der Waals surface area (Å²) in [6.07, 6.45) is 1.49. The smallest absolute Gasteiger partial charge is 0.289 e. The zero-order valence-electron chi connectivity index (χ0n) is 21.2. The Morgan fingerprint density at radius 3 is 2.34 bits per heavy atom. The van der Waals surface area contributed by atoms with Gasteiger partial charge in [-0.2, -0.15) is 0 Å². The topological polar surface area (TPSA) is 84.5 Å². The maximum atomic E-state index is 13.1. The van der Waals surface area contributed by atoms with Crippen molar-refractivity contribution in [2.45, 2.75) is 24.9 Å². The van der Waals surface area contributed by atoms with Crippen LogP contribution >= 0.6 is 23.4 Å². The van der Waals surface area contributed by atoms with E-state index in [0.29, 0.717) is 47.9 Å². The van der Waals surface area contributed by atoms with Crippen LogP contribution in [0.15, 0.2) is 76.5 Å². The summed E-state index contributed by atoms with van der Waals surface area (Å²) in [6, 6.07) is 19.0. The molecule has 0 radical (unpaired) electrons. The molecule has 3 heterocycles. The lowest BCUT2D eigenvalue weighted by atomic mass is 10.0. The van der Waals surface area contributed by atoms with Gasteiger partial charge in [0, 0.05) is 36.8 Å². The highest BCUT2D eigenvalue weighted by atomic mass is 35.5. The maximum absolute atomic E-state index is 13.1. The number of nitrogens with zero attached hydrogens (tertiary/aromatic N) is 5. The Balaban J connectivity index is 1.33. The number of piperazine rings is 1. The molecule has 5 rings (SSSR count). The Morgan fingerprint density at radius 2 is 1.66 bits per heavy atom. The molecule has 8 nitrogen and oxygen atoms in total. The van der Waals surface area contributed by atoms with Crippen molar-refractivity contribution in [3.63, 3.8) is 0 Å². The van der Waals surface area contributed by atoms with Crippen LogP contribution in [0.25, 0.3) is 17.1 Å². The Hall–Kier alpha value is -3.56. The first-order valence-corrected chi connectivity index (χ1v) is 13.8. The van der Waals surface area contributed by atoms with Gasteiger partial charge in [-0.3, -0.25) is 14.2 Å². The van der Waals surface area contributed by atoms with Gasteiger partial charge in [-0.15, -0.1) is 10.2 Å². The van der Waals surface area contributed by atoms with Crippen LogP contribution in [0.3, 0.4) is 0 Å². The van der Waals surface area contributed by atoms with E-state index in [1.165, 1.54) is 18.0 Å². The molecule has 38 heavy (non-hydrogen) atoms. The quantitative estimate of drug-likeness (QED) is 0.288. The summed E-state index contributed by atoms with van der Waals surface area (Å²) in [4.78, 5) is 29.2. The Morgan fingerprint density at radius 1 is 0.947 bits per heavy atom. The van der Waals surface area contributed by atoms with Gasteiger partial charge >= 0.3 is 0 Å². The third kappa shape index (κ3) is 5.49. The fraction of sp³-hybridized carbons (Fsp3) is 0.286. The average Bonchev–Trinajstić information content (AvgIpc) is 3.62. The molecule has 10 heteroatoms. The molecule has 0 atom stereocenters. The number of rotatable bonds is 7. The summed E-state index contributed by atoms with van der Waals surface area (Å²) < 4.78 is 7.25. The summed E-state index contributed by atoms with van der Waals surface area (Å²) in [5.74, 6) is 1.36. The molecule has 1 saturated heterocycles. The van der Waals surface area contributed by atoms with Crippen molar-refractivity contribution >= 4 is 35.2 Å². The predicted octanol–water partition coefficient (Wildman–Crippen LogP) is 5.38. The van der Waals surface area contributed by atoms with Crippen LogP contribution in [0.4, 0.5) is 0 Å². The highest BCUT2D eigenvalue weighted by Crippen LogP contribution is 2.32. The number of para-hydroxylation sites is 1. The van der Waals surface area contributed by atoms with Gasteiger partial charge in [0.25, 0.3) is 5.91 Å². The molecule has 2 aromatic carbocycles. The number of halogens is 1. The molecule has 0 N–H and O–H groups in total. The van der Waals surface area contributed by atoms with E-state index in [2.05, 4.69) is 36.2 Å². The minimum absolute atomic E-state index is 0.000153. The molecule has 1 aliphatic rings. The van der Waals surface area contributed by atoms with Gasteiger partial charge in [-0.1, -0.05) is 55.4 Å². The summed E-state index contributed by atoms with van der Waals surface area (Å²) >= 11 is 7.49. The van der Waals surface area contributed by atoms with Crippen LogP contribution in [0, 0.1) is 0 Å². The molecule has 196 valence electrons. The SMILES string of the molecule is CC(C)c1ccccc1-n1c(SCC(=O)N2CCN(C(=O)c3ccco3)CC2)nnc1-c1ccc(Cl)cc1. The van der Waals surface area contributed by atoms with Gasteiger partial charge < -0.3 is 14.2 Å². The van der Waals surface area contributed by atoms with E-state index in [1.54, 1.807) is 21.9 Å². The van der Waals surface area contributed by atoms with Gasteiger partial charge in [0.05, 0.1) is 17.7 Å². The Labute approximate surface area is 230 Å². The standard InChI is InChI=1S/C28H28ClN5O3S/c1-19(2)22-6-3-4-7-23(22)34-26(20-9-11-21(29)12-10-20)30-31-28(34)38-18-25(35)32-13-15-33(16-14-32)27(36)24-8-5-17-37-24/h3-12,17,19H,13-16,18H2,1-2H3. The zero-order chi connectivity index (χ0) is 26.6. The predicted molar refractivity (Wildman–Crippen MR) is 148 cm³/mol. The second-order valence-corrected chi connectivity index (χ2v) is 10.7. The molecule has 0 unspecified atom stereocenters. The molecule has 0 saturated carbocycles. The maximum Gasteiger partial charge on any atom is 0.289 e. The van der Waals surface area contributed by atoms with Gasteiger partial charge in [-0.25, -0.2) is 0 Å². The zero-order valence-corrected chi connectivity index (χ0v) is 22.8. The number of hydrogen-bond acceptors (Lipinski definition) is 6. The Kier molecular flexibility index (Phi) is 7.85. The van der Waals surface area contributed by atoms with Gasteiger partial charge in [0.1, 0.15) is 0 Å². The molecule has 2 amide bonds. The van der Waals surface area contributed by atoms with Crippen LogP contribution < -0.4 is 0 Å². The molecule has 2 aromatic heterocycles. The molecule has 0 bridgehead atoms. The molecular weight excluding hydrogens is 522 g/mol. The number of benzene rings is 2. The van der Waals surface area contributed by atoms with Crippen molar-refractivity contribution < 1.29 is 14.0 Å². The van der Waals surface area contributed by atoms with Crippen molar-refractivity contribution in [2.24, 2.45) is 0 Å². The fourth-order valence-corrected chi connectivity index (χ4v) is 5.45. The van der Waals surface area contributed by atoms with Crippen molar-refractivity contribution in [2.75, 3.05) is 31.9 Å². The summed E-state index contributed by atoms with van der Waals surface area (Å²) in [5.41, 5.74) is 3.03. The number of thioether (sulfide) groups is 1. The molecule has 4 aromatic rings. The van der Waals surface area contributed by atoms with Gasteiger partial charge in [-0.05, 0) is 53.9 Å². The minimum Gasteiger partial charge on any atom is -0.459 e. The lowest BCUT2D eigenvalue weighted by Crippen LogP contribution is -2.51. The van der Waals surface area contributed by atoms with Gasteiger partial charge in [0.15, 0.2) is 16.7 Å². The molecule has 0 spiro atoms. The van der Waals surface area contributed by atoms with E-state index in [9.17, 15) is 9.59 Å². The third-order valence-electron chi connectivity index (χ3n) is 6.51. The number of carbonyl (C=O) groups is 2. The molecule has 1 fully saturated rings.